The van der Waals surface area contributed by atoms with Crippen LogP contribution in [-0.2, 0) is 14.3 Å². The zero-order chi connectivity index (χ0) is 14.5. The van der Waals surface area contributed by atoms with Crippen molar-refractivity contribution in [1.29, 1.82) is 0 Å². The molecule has 0 spiro atoms. The highest BCUT2D eigenvalue weighted by Gasteiger charge is 2.38. The lowest BCUT2D eigenvalue weighted by molar-refractivity contribution is -0.151. The van der Waals surface area contributed by atoms with Gasteiger partial charge in [0.05, 0.1) is 19.3 Å². The molecule has 0 saturated carbocycles. The van der Waals surface area contributed by atoms with Crippen molar-refractivity contribution in [3.63, 3.8) is 0 Å². The fourth-order valence-electron chi connectivity index (χ4n) is 2.52. The molecule has 1 saturated heterocycles. The van der Waals surface area contributed by atoms with E-state index in [4.69, 9.17) is 9.47 Å². The quantitative estimate of drug-likeness (QED) is 0.732. The largest absolute Gasteiger partial charge is 0.468 e. The molecule has 1 heterocycles. The molecule has 112 valence electrons. The van der Waals surface area contributed by atoms with Crippen molar-refractivity contribution in [2.24, 2.45) is 0 Å². The van der Waals surface area contributed by atoms with Crippen LogP contribution in [0.3, 0.4) is 0 Å². The zero-order valence-corrected chi connectivity index (χ0v) is 12.9. The van der Waals surface area contributed by atoms with Crippen LogP contribution in [0.25, 0.3) is 0 Å². The van der Waals surface area contributed by atoms with Gasteiger partial charge < -0.3 is 14.8 Å². The Hall–Kier alpha value is -0.650. The molecule has 0 aliphatic carbocycles. The van der Waals surface area contributed by atoms with E-state index in [9.17, 15) is 4.79 Å². The first-order chi connectivity index (χ1) is 8.83. The third-order valence-corrected chi connectivity index (χ3v) is 3.45. The highest BCUT2D eigenvalue weighted by atomic mass is 16.5. The second-order valence-electron chi connectivity index (χ2n) is 6.07. The fourth-order valence-corrected chi connectivity index (χ4v) is 2.52. The number of carbonyl (C=O) groups excluding carboxylic acids is 1. The van der Waals surface area contributed by atoms with Crippen molar-refractivity contribution in [3.05, 3.63) is 0 Å². The van der Waals surface area contributed by atoms with Crippen molar-refractivity contribution >= 4 is 5.97 Å². The molecule has 1 fully saturated rings. The highest BCUT2D eigenvalue weighted by Crippen LogP contribution is 2.19. The van der Waals surface area contributed by atoms with E-state index in [-0.39, 0.29) is 11.6 Å². The summed E-state index contributed by atoms with van der Waals surface area (Å²) in [5, 5.41) is 3.31. The fraction of sp³-hybridized carbons (Fsp3) is 0.929. The normalized spacial score (nSPS) is 22.8. The summed E-state index contributed by atoms with van der Waals surface area (Å²) in [4.78, 5) is 14.3. The molecule has 0 bridgehead atoms. The van der Waals surface area contributed by atoms with E-state index >= 15 is 0 Å². The van der Waals surface area contributed by atoms with Crippen LogP contribution in [0.1, 0.15) is 34.1 Å². The van der Waals surface area contributed by atoms with Crippen molar-refractivity contribution in [3.8, 4) is 0 Å². The predicted molar refractivity (Wildman–Crippen MR) is 75.2 cm³/mol. The van der Waals surface area contributed by atoms with E-state index in [1.165, 1.54) is 7.11 Å². The first-order valence-electron chi connectivity index (χ1n) is 7.03. The van der Waals surface area contributed by atoms with Gasteiger partial charge in [-0.2, -0.15) is 0 Å². The summed E-state index contributed by atoms with van der Waals surface area (Å²) in [5.41, 5.74) is -0.807. The van der Waals surface area contributed by atoms with Gasteiger partial charge in [0.1, 0.15) is 5.54 Å². The molecule has 5 nitrogen and oxygen atoms in total. The number of methoxy groups -OCH3 is 1. The van der Waals surface area contributed by atoms with E-state index in [0.29, 0.717) is 13.2 Å². The van der Waals surface area contributed by atoms with Gasteiger partial charge in [-0.05, 0) is 33.7 Å². The number of nitrogens with one attached hydrogen (secondary N) is 1. The van der Waals surface area contributed by atoms with Gasteiger partial charge in [0.2, 0.25) is 0 Å². The van der Waals surface area contributed by atoms with E-state index in [1.807, 2.05) is 6.92 Å². The van der Waals surface area contributed by atoms with Gasteiger partial charge in [0, 0.05) is 19.6 Å². The first-order valence-corrected chi connectivity index (χ1v) is 7.03. The minimum Gasteiger partial charge on any atom is -0.468 e. The van der Waals surface area contributed by atoms with Crippen LogP contribution < -0.4 is 5.32 Å². The molecule has 0 amide bonds. The van der Waals surface area contributed by atoms with Crippen molar-refractivity contribution in [1.82, 2.24) is 10.2 Å². The Kier molecular flexibility index (Phi) is 5.77. The van der Waals surface area contributed by atoms with Crippen LogP contribution >= 0.6 is 0 Å². The number of hydrogen-bond donors (Lipinski definition) is 1. The van der Waals surface area contributed by atoms with Crippen LogP contribution in [0.15, 0.2) is 0 Å². The Morgan fingerprint density at radius 3 is 2.74 bits per heavy atom. The Morgan fingerprint density at radius 1 is 1.53 bits per heavy atom. The molecular formula is C14H28N2O3. The first kappa shape index (κ1) is 16.4. The van der Waals surface area contributed by atoms with Crippen LogP contribution in [0.2, 0.25) is 0 Å². The van der Waals surface area contributed by atoms with Crippen molar-refractivity contribution in [2.45, 2.75) is 45.3 Å². The predicted octanol–water partition coefficient (Wildman–Crippen LogP) is 1.03. The maximum atomic E-state index is 12.0. The van der Waals surface area contributed by atoms with Gasteiger partial charge in [0.15, 0.2) is 0 Å². The summed E-state index contributed by atoms with van der Waals surface area (Å²) in [6, 6.07) is 0. The number of rotatable bonds is 6. The molecule has 1 atom stereocenters. The third-order valence-electron chi connectivity index (χ3n) is 3.45. The second kappa shape index (κ2) is 6.68. The molecule has 1 rings (SSSR count). The Morgan fingerprint density at radius 2 is 2.21 bits per heavy atom. The monoisotopic (exact) mass is 272 g/mol. The number of morpholine rings is 1. The molecular weight excluding hydrogens is 244 g/mol. The molecule has 0 aromatic heterocycles. The molecule has 5 heteroatoms. The average Bonchev–Trinajstić information content (AvgIpc) is 2.34. The summed E-state index contributed by atoms with van der Waals surface area (Å²) < 4.78 is 10.6. The van der Waals surface area contributed by atoms with E-state index in [2.05, 4.69) is 31.0 Å². The molecule has 1 unspecified atom stereocenters. The lowest BCUT2D eigenvalue weighted by atomic mass is 9.99. The SMILES string of the molecule is CCCNC(C)(CN1CCOC(C)(C)C1)C(=O)OC. The number of nitrogens with zero attached hydrogens (tertiary/aromatic N) is 1. The summed E-state index contributed by atoms with van der Waals surface area (Å²) in [5.74, 6) is -0.203. The number of ether oxygens (including phenoxy) is 2. The smallest absolute Gasteiger partial charge is 0.327 e. The van der Waals surface area contributed by atoms with Gasteiger partial charge in [-0.25, -0.2) is 0 Å². The van der Waals surface area contributed by atoms with Crippen molar-refractivity contribution in [2.75, 3.05) is 39.9 Å². The van der Waals surface area contributed by atoms with E-state index in [0.717, 1.165) is 26.1 Å². The average molecular weight is 272 g/mol. The van der Waals surface area contributed by atoms with Gasteiger partial charge in [-0.15, -0.1) is 0 Å². The van der Waals surface area contributed by atoms with Gasteiger partial charge in [-0.3, -0.25) is 9.69 Å². The minimum absolute atomic E-state index is 0.153. The highest BCUT2D eigenvalue weighted by molar-refractivity contribution is 5.80. The molecule has 1 aliphatic heterocycles. The second-order valence-corrected chi connectivity index (χ2v) is 6.07. The molecule has 0 aromatic carbocycles. The summed E-state index contributed by atoms with van der Waals surface area (Å²) >= 11 is 0. The van der Waals surface area contributed by atoms with Crippen LogP contribution in [0.4, 0.5) is 0 Å². The topological polar surface area (TPSA) is 50.8 Å². The summed E-state index contributed by atoms with van der Waals surface area (Å²) in [6.45, 7) is 12.0. The van der Waals surface area contributed by atoms with Crippen LogP contribution in [-0.4, -0.2) is 61.9 Å². The van der Waals surface area contributed by atoms with E-state index < -0.39 is 5.54 Å². The molecule has 1 aliphatic rings. The Bertz CT molecular complexity index is 307. The van der Waals surface area contributed by atoms with Gasteiger partial charge in [-0.1, -0.05) is 6.92 Å². The van der Waals surface area contributed by atoms with E-state index in [1.54, 1.807) is 0 Å². The standard InChI is InChI=1S/C14H28N2O3/c1-6-7-15-14(4,12(17)18-5)11-16-8-9-19-13(2,3)10-16/h15H,6-11H2,1-5H3. The van der Waals surface area contributed by atoms with Crippen LogP contribution in [0.5, 0.6) is 0 Å². The molecule has 19 heavy (non-hydrogen) atoms. The third kappa shape index (κ3) is 4.75. The summed E-state index contributed by atoms with van der Waals surface area (Å²) in [6.07, 6.45) is 0.987. The Balaban J connectivity index is 2.68. The lowest BCUT2D eigenvalue weighted by Crippen LogP contribution is -2.60. The zero-order valence-electron chi connectivity index (χ0n) is 12.9. The number of hydrogen-bond acceptors (Lipinski definition) is 5. The number of carbonyl (C=O) groups is 1. The maximum Gasteiger partial charge on any atom is 0.327 e. The maximum absolute atomic E-state index is 12.0. The minimum atomic E-state index is -0.655. The van der Waals surface area contributed by atoms with Gasteiger partial charge in [0.25, 0.3) is 0 Å². The molecule has 0 aromatic rings. The molecule has 1 N–H and O–H groups in total. The molecule has 0 radical (unpaired) electrons. The Labute approximate surface area is 116 Å². The number of esters is 1. The summed E-state index contributed by atoms with van der Waals surface area (Å²) in [7, 11) is 1.44. The van der Waals surface area contributed by atoms with Crippen molar-refractivity contribution < 1.29 is 14.3 Å². The van der Waals surface area contributed by atoms with Gasteiger partial charge >= 0.3 is 5.97 Å². The van der Waals surface area contributed by atoms with Crippen LogP contribution in [0, 0.1) is 0 Å². The lowest BCUT2D eigenvalue weighted by Gasteiger charge is -2.41.